The first kappa shape index (κ1) is 15.3. The quantitative estimate of drug-likeness (QED) is 0.832. The number of primary amides is 1. The molecule has 0 unspecified atom stereocenters. The van der Waals surface area contributed by atoms with Crippen LogP contribution in [0.5, 0.6) is 0 Å². The molecule has 0 atom stereocenters. The zero-order chi connectivity index (χ0) is 15.0. The molecule has 106 valence electrons. The van der Waals surface area contributed by atoms with Crippen LogP contribution in [0, 0.1) is 0 Å². The van der Waals surface area contributed by atoms with Crippen LogP contribution in [-0.4, -0.2) is 5.91 Å². The molecule has 0 aromatic heterocycles. The Bertz CT molecular complexity index is 503. The van der Waals surface area contributed by atoms with Gasteiger partial charge in [0, 0.05) is 5.56 Å². The van der Waals surface area contributed by atoms with Crippen LogP contribution in [0.3, 0.4) is 0 Å². The van der Waals surface area contributed by atoms with Crippen molar-refractivity contribution in [3.63, 3.8) is 0 Å². The third kappa shape index (κ3) is 3.18. The third-order valence-electron chi connectivity index (χ3n) is 2.50. The van der Waals surface area contributed by atoms with Crippen molar-refractivity contribution in [3.05, 3.63) is 34.4 Å². The molecule has 0 radical (unpaired) electrons. The monoisotopic (exact) mass is 285 g/mol. The average molecular weight is 285 g/mol. The lowest BCUT2D eigenvalue weighted by Gasteiger charge is -2.18. The summed E-state index contributed by atoms with van der Waals surface area (Å²) in [7, 11) is 0. The van der Waals surface area contributed by atoms with Crippen LogP contribution in [0.15, 0.2) is 12.1 Å². The standard InChI is InChI=1S/C11H9F6NO/c1-2-5-3-7(10(12,13)14)8(11(15,16)17)4-6(5)9(18)19/h3-4H,2H2,1H3,(H2,18,19). The molecular weight excluding hydrogens is 276 g/mol. The number of nitrogens with two attached hydrogens (primary N) is 1. The van der Waals surface area contributed by atoms with Crippen LogP contribution in [-0.2, 0) is 18.8 Å². The van der Waals surface area contributed by atoms with Crippen molar-refractivity contribution in [2.75, 3.05) is 0 Å². The van der Waals surface area contributed by atoms with Gasteiger partial charge in [0.15, 0.2) is 0 Å². The summed E-state index contributed by atoms with van der Waals surface area (Å²) in [6, 6.07) is 0.479. The van der Waals surface area contributed by atoms with Crippen LogP contribution in [0.25, 0.3) is 0 Å². The van der Waals surface area contributed by atoms with Gasteiger partial charge >= 0.3 is 12.4 Å². The smallest absolute Gasteiger partial charge is 0.366 e. The molecule has 0 aliphatic rings. The van der Waals surface area contributed by atoms with Crippen molar-refractivity contribution in [2.24, 2.45) is 5.73 Å². The zero-order valence-corrected chi connectivity index (χ0v) is 9.62. The fraction of sp³-hybridized carbons (Fsp3) is 0.364. The molecule has 2 N–H and O–H groups in total. The van der Waals surface area contributed by atoms with E-state index < -0.39 is 35.0 Å². The van der Waals surface area contributed by atoms with Gasteiger partial charge in [-0.25, -0.2) is 0 Å². The Balaban J connectivity index is 3.68. The summed E-state index contributed by atoms with van der Waals surface area (Å²) in [4.78, 5) is 11.0. The molecule has 1 rings (SSSR count). The van der Waals surface area contributed by atoms with E-state index in [0.717, 1.165) is 0 Å². The maximum Gasteiger partial charge on any atom is 0.417 e. The van der Waals surface area contributed by atoms with E-state index in [1.54, 1.807) is 0 Å². The first-order valence-corrected chi connectivity index (χ1v) is 5.09. The van der Waals surface area contributed by atoms with Crippen LogP contribution in [0.4, 0.5) is 26.3 Å². The molecule has 8 heteroatoms. The number of hydrogen-bond acceptors (Lipinski definition) is 1. The molecule has 0 bridgehead atoms. The number of halogens is 6. The highest BCUT2D eigenvalue weighted by Gasteiger charge is 2.43. The van der Waals surface area contributed by atoms with Gasteiger partial charge in [-0.2, -0.15) is 26.3 Å². The Morgan fingerprint density at radius 2 is 1.47 bits per heavy atom. The predicted molar refractivity (Wildman–Crippen MR) is 54.3 cm³/mol. The van der Waals surface area contributed by atoms with E-state index in [2.05, 4.69) is 0 Å². The Labute approximate surface area is 104 Å². The molecular formula is C11H9F6NO. The molecule has 0 heterocycles. The molecule has 0 saturated heterocycles. The zero-order valence-electron chi connectivity index (χ0n) is 9.62. The highest BCUT2D eigenvalue weighted by atomic mass is 19.4. The Morgan fingerprint density at radius 1 is 1.05 bits per heavy atom. The molecule has 19 heavy (non-hydrogen) atoms. The van der Waals surface area contributed by atoms with Gasteiger partial charge < -0.3 is 5.73 Å². The highest BCUT2D eigenvalue weighted by Crippen LogP contribution is 2.41. The van der Waals surface area contributed by atoms with Gasteiger partial charge in [0.05, 0.1) is 11.1 Å². The maximum atomic E-state index is 12.6. The first-order chi connectivity index (χ1) is 8.48. The summed E-state index contributed by atoms with van der Waals surface area (Å²) in [6.45, 7) is 1.41. The van der Waals surface area contributed by atoms with Gasteiger partial charge in [-0.3, -0.25) is 4.79 Å². The number of hydrogen-bond donors (Lipinski definition) is 1. The van der Waals surface area contributed by atoms with Crippen molar-refractivity contribution in [1.82, 2.24) is 0 Å². The molecule has 0 saturated carbocycles. The predicted octanol–water partition coefficient (Wildman–Crippen LogP) is 3.39. The second-order valence-electron chi connectivity index (χ2n) is 3.77. The van der Waals surface area contributed by atoms with Gasteiger partial charge in [0.25, 0.3) is 0 Å². The molecule has 0 spiro atoms. The summed E-state index contributed by atoms with van der Waals surface area (Å²) >= 11 is 0. The second kappa shape index (κ2) is 4.75. The van der Waals surface area contributed by atoms with Crippen LogP contribution >= 0.6 is 0 Å². The molecule has 0 fully saturated rings. The third-order valence-corrected chi connectivity index (χ3v) is 2.50. The Hall–Kier alpha value is -1.73. The SMILES string of the molecule is CCc1cc(C(F)(F)F)c(C(F)(F)F)cc1C(N)=O. The fourth-order valence-corrected chi connectivity index (χ4v) is 1.64. The van der Waals surface area contributed by atoms with Crippen molar-refractivity contribution >= 4 is 5.91 Å². The van der Waals surface area contributed by atoms with E-state index >= 15 is 0 Å². The van der Waals surface area contributed by atoms with E-state index in [1.165, 1.54) is 6.92 Å². The number of benzene rings is 1. The van der Waals surface area contributed by atoms with Crippen molar-refractivity contribution in [3.8, 4) is 0 Å². The van der Waals surface area contributed by atoms with Gasteiger partial charge in [0.2, 0.25) is 5.91 Å². The summed E-state index contributed by atoms with van der Waals surface area (Å²) in [5, 5.41) is 0. The van der Waals surface area contributed by atoms with E-state index in [-0.39, 0.29) is 18.1 Å². The van der Waals surface area contributed by atoms with Crippen LogP contribution in [0.2, 0.25) is 0 Å². The van der Waals surface area contributed by atoms with Crippen molar-refractivity contribution < 1.29 is 31.1 Å². The van der Waals surface area contributed by atoms with Crippen molar-refractivity contribution in [2.45, 2.75) is 25.7 Å². The largest absolute Gasteiger partial charge is 0.417 e. The molecule has 1 aromatic carbocycles. The highest BCUT2D eigenvalue weighted by molar-refractivity contribution is 5.94. The van der Waals surface area contributed by atoms with E-state index in [1.807, 2.05) is 0 Å². The van der Waals surface area contributed by atoms with E-state index in [9.17, 15) is 31.1 Å². The minimum Gasteiger partial charge on any atom is -0.366 e. The van der Waals surface area contributed by atoms with Crippen LogP contribution in [0.1, 0.15) is 34.0 Å². The number of carbonyl (C=O) groups is 1. The number of rotatable bonds is 2. The molecule has 2 nitrogen and oxygen atoms in total. The molecule has 1 amide bonds. The van der Waals surface area contributed by atoms with Gasteiger partial charge in [-0.1, -0.05) is 6.92 Å². The lowest BCUT2D eigenvalue weighted by molar-refractivity contribution is -0.162. The van der Waals surface area contributed by atoms with Gasteiger partial charge in [-0.05, 0) is 24.1 Å². The van der Waals surface area contributed by atoms with Crippen LogP contribution < -0.4 is 5.73 Å². The average Bonchev–Trinajstić information content (AvgIpc) is 2.24. The first-order valence-electron chi connectivity index (χ1n) is 5.09. The van der Waals surface area contributed by atoms with Gasteiger partial charge in [-0.15, -0.1) is 0 Å². The molecule has 0 aliphatic heterocycles. The molecule has 1 aromatic rings. The number of alkyl halides is 6. The number of carbonyl (C=O) groups excluding carboxylic acids is 1. The molecule has 0 aliphatic carbocycles. The second-order valence-corrected chi connectivity index (χ2v) is 3.77. The lowest BCUT2D eigenvalue weighted by atomic mass is 9.95. The summed E-state index contributed by atoms with van der Waals surface area (Å²) in [5.74, 6) is -1.20. The van der Waals surface area contributed by atoms with E-state index in [4.69, 9.17) is 5.73 Å². The Morgan fingerprint density at radius 3 is 1.79 bits per heavy atom. The topological polar surface area (TPSA) is 43.1 Å². The summed E-state index contributed by atoms with van der Waals surface area (Å²) in [5.41, 5.74) is 0.419. The van der Waals surface area contributed by atoms with Gasteiger partial charge in [0.1, 0.15) is 0 Å². The normalized spacial score (nSPS) is 12.6. The lowest BCUT2D eigenvalue weighted by Crippen LogP contribution is -2.21. The minimum absolute atomic E-state index is 0.0422. The Kier molecular flexibility index (Phi) is 3.83. The number of amides is 1. The number of aryl methyl sites for hydroxylation is 1. The van der Waals surface area contributed by atoms with Crippen molar-refractivity contribution in [1.29, 1.82) is 0 Å². The summed E-state index contributed by atoms with van der Waals surface area (Å²) < 4.78 is 75.7. The maximum absolute atomic E-state index is 12.6. The fourth-order valence-electron chi connectivity index (χ4n) is 1.64. The summed E-state index contributed by atoms with van der Waals surface area (Å²) in [6.07, 6.45) is -10.4. The minimum atomic E-state index is -5.22. The van der Waals surface area contributed by atoms with E-state index in [0.29, 0.717) is 6.07 Å².